The first-order chi connectivity index (χ1) is 16.5. The number of nitrogens with zero attached hydrogens (tertiary/aromatic N) is 5. The minimum Gasteiger partial charge on any atom is -0.363 e. The van der Waals surface area contributed by atoms with Crippen molar-refractivity contribution in [1.82, 2.24) is 24.2 Å². The summed E-state index contributed by atoms with van der Waals surface area (Å²) >= 11 is 0. The highest BCUT2D eigenvalue weighted by atomic mass is 32.2. The second kappa shape index (κ2) is 9.67. The molecule has 8 nitrogen and oxygen atoms in total. The molecule has 1 N–H and O–H groups in total. The molecule has 1 aliphatic heterocycles. The molecular weight excluding hydrogens is 481 g/mol. The van der Waals surface area contributed by atoms with Crippen molar-refractivity contribution < 1.29 is 21.6 Å². The standard InChI is InChI=1S/C23H27F3N6O2S/c1-13(16-6-5-7-17(21(16)24)22(25)26)28-23-18-10-20(27-11-19(18)29-14(2)30-23)35(33,34)32-9-8-15(12-32)31(3)4/h5-7,10-11,13,15,22H,8-9,12H2,1-4H3,(H,28,29,30)/t13-,15+/m1/s1. The summed E-state index contributed by atoms with van der Waals surface area (Å²) in [7, 11) is -0.0363. The predicted molar refractivity (Wildman–Crippen MR) is 126 cm³/mol. The number of alkyl halides is 2. The molecule has 0 bridgehead atoms. The fraction of sp³-hybridized carbons (Fsp3) is 0.435. The molecule has 12 heteroatoms. The van der Waals surface area contributed by atoms with Gasteiger partial charge in [-0.3, -0.25) is 0 Å². The SMILES string of the molecule is Cc1nc(N[C@H](C)c2cccc(C(F)F)c2F)c2cc(S(=O)(=O)N3CC[C@H](N(C)C)C3)ncc2n1. The molecule has 1 aliphatic rings. The highest BCUT2D eigenvalue weighted by Crippen LogP contribution is 2.31. The van der Waals surface area contributed by atoms with E-state index in [0.717, 1.165) is 12.5 Å². The minimum absolute atomic E-state index is 0.0425. The van der Waals surface area contributed by atoms with E-state index in [9.17, 15) is 21.6 Å². The second-order valence-electron chi connectivity index (χ2n) is 8.85. The Bertz CT molecular complexity index is 1350. The summed E-state index contributed by atoms with van der Waals surface area (Å²) in [5.74, 6) is -0.347. The van der Waals surface area contributed by atoms with Gasteiger partial charge in [0.1, 0.15) is 17.5 Å². The van der Waals surface area contributed by atoms with Crippen molar-refractivity contribution in [3.63, 3.8) is 0 Å². The van der Waals surface area contributed by atoms with E-state index in [1.54, 1.807) is 13.8 Å². The lowest BCUT2D eigenvalue weighted by atomic mass is 10.0. The summed E-state index contributed by atoms with van der Waals surface area (Å²) in [6, 6.07) is 4.61. The lowest BCUT2D eigenvalue weighted by Crippen LogP contribution is -2.34. The van der Waals surface area contributed by atoms with E-state index in [4.69, 9.17) is 0 Å². The summed E-state index contributed by atoms with van der Waals surface area (Å²) in [4.78, 5) is 14.8. The zero-order valence-corrected chi connectivity index (χ0v) is 20.7. The highest BCUT2D eigenvalue weighted by molar-refractivity contribution is 7.89. The first kappa shape index (κ1) is 25.3. The topological polar surface area (TPSA) is 91.3 Å². The van der Waals surface area contributed by atoms with Crippen LogP contribution < -0.4 is 5.32 Å². The van der Waals surface area contributed by atoms with E-state index in [0.29, 0.717) is 29.8 Å². The average Bonchev–Trinajstić information content (AvgIpc) is 3.30. The summed E-state index contributed by atoms with van der Waals surface area (Å²) in [5, 5.41) is 3.28. The monoisotopic (exact) mass is 508 g/mol. The number of anilines is 1. The lowest BCUT2D eigenvalue weighted by Gasteiger charge is -2.20. The first-order valence-corrected chi connectivity index (χ1v) is 12.6. The van der Waals surface area contributed by atoms with E-state index >= 15 is 0 Å². The lowest BCUT2D eigenvalue weighted by molar-refractivity contribution is 0.146. The molecule has 1 aromatic carbocycles. The summed E-state index contributed by atoms with van der Waals surface area (Å²) < 4.78 is 69.0. The number of rotatable bonds is 7. The molecule has 3 heterocycles. The molecule has 4 rings (SSSR count). The third-order valence-electron chi connectivity index (χ3n) is 6.24. The number of likely N-dealkylation sites (N-methyl/N-ethyl adjacent to an activating group) is 1. The molecular formula is C23H27F3N6O2S. The molecule has 0 amide bonds. The minimum atomic E-state index is -3.86. The van der Waals surface area contributed by atoms with Crippen LogP contribution in [0.4, 0.5) is 19.0 Å². The Balaban J connectivity index is 1.70. The van der Waals surface area contributed by atoms with Crippen LogP contribution in [0.5, 0.6) is 0 Å². The zero-order valence-electron chi connectivity index (χ0n) is 19.8. The van der Waals surface area contributed by atoms with Gasteiger partial charge in [-0.15, -0.1) is 0 Å². The van der Waals surface area contributed by atoms with Crippen LogP contribution in [0.3, 0.4) is 0 Å². The van der Waals surface area contributed by atoms with Gasteiger partial charge in [0, 0.05) is 30.1 Å². The van der Waals surface area contributed by atoms with Crippen molar-refractivity contribution in [3.05, 3.63) is 53.2 Å². The molecule has 2 atom stereocenters. The number of halogens is 3. The molecule has 3 aromatic rings. The van der Waals surface area contributed by atoms with Crippen molar-refractivity contribution in [3.8, 4) is 0 Å². The van der Waals surface area contributed by atoms with Gasteiger partial charge in [0.15, 0.2) is 5.03 Å². The van der Waals surface area contributed by atoms with Crippen LogP contribution in [0.2, 0.25) is 0 Å². The third kappa shape index (κ3) is 4.95. The Labute approximate surface area is 202 Å². The maximum Gasteiger partial charge on any atom is 0.266 e. The van der Waals surface area contributed by atoms with E-state index in [-0.39, 0.29) is 22.4 Å². The van der Waals surface area contributed by atoms with Crippen molar-refractivity contribution >= 4 is 26.7 Å². The maximum absolute atomic E-state index is 14.7. The van der Waals surface area contributed by atoms with Gasteiger partial charge in [0.05, 0.1) is 23.3 Å². The third-order valence-corrected chi connectivity index (χ3v) is 8.01. The number of hydrogen-bond donors (Lipinski definition) is 1. The molecule has 2 aromatic heterocycles. The number of aryl methyl sites for hydroxylation is 1. The van der Waals surface area contributed by atoms with E-state index < -0.39 is 33.9 Å². The Morgan fingerprint density at radius 1 is 1.20 bits per heavy atom. The van der Waals surface area contributed by atoms with Crippen molar-refractivity contribution in [2.24, 2.45) is 0 Å². The maximum atomic E-state index is 14.7. The average molecular weight is 509 g/mol. The quantitative estimate of drug-likeness (QED) is 0.518. The predicted octanol–water partition coefficient (Wildman–Crippen LogP) is 3.91. The number of pyridine rings is 1. The Hall–Kier alpha value is -2.83. The van der Waals surface area contributed by atoms with Crippen LogP contribution in [-0.4, -0.2) is 65.8 Å². The van der Waals surface area contributed by atoms with Crippen molar-refractivity contribution in [1.29, 1.82) is 0 Å². The number of sulfonamides is 1. The van der Waals surface area contributed by atoms with Crippen LogP contribution in [0.15, 0.2) is 35.5 Å². The first-order valence-electron chi connectivity index (χ1n) is 11.1. The number of aromatic nitrogens is 3. The molecule has 1 fully saturated rings. The van der Waals surface area contributed by atoms with E-state index in [1.165, 1.54) is 28.7 Å². The largest absolute Gasteiger partial charge is 0.363 e. The molecule has 0 unspecified atom stereocenters. The van der Waals surface area contributed by atoms with E-state index in [2.05, 4.69) is 20.3 Å². The number of nitrogens with one attached hydrogen (secondary N) is 1. The van der Waals surface area contributed by atoms with Crippen LogP contribution >= 0.6 is 0 Å². The van der Waals surface area contributed by atoms with Crippen LogP contribution in [0.25, 0.3) is 10.9 Å². The summed E-state index contributed by atoms with van der Waals surface area (Å²) in [6.45, 7) is 4.02. The Morgan fingerprint density at radius 2 is 1.91 bits per heavy atom. The van der Waals surface area contributed by atoms with Gasteiger partial charge in [-0.1, -0.05) is 18.2 Å². The zero-order chi connectivity index (χ0) is 25.5. The molecule has 0 saturated carbocycles. The molecule has 0 spiro atoms. The molecule has 35 heavy (non-hydrogen) atoms. The smallest absolute Gasteiger partial charge is 0.266 e. The number of fused-ring (bicyclic) bond motifs is 1. The molecule has 1 saturated heterocycles. The molecule has 0 aliphatic carbocycles. The fourth-order valence-electron chi connectivity index (χ4n) is 4.22. The van der Waals surface area contributed by atoms with Crippen molar-refractivity contribution in [2.45, 2.75) is 43.8 Å². The van der Waals surface area contributed by atoms with Gasteiger partial charge in [-0.25, -0.2) is 36.5 Å². The Kier molecular flexibility index (Phi) is 6.98. The number of hydrogen-bond acceptors (Lipinski definition) is 7. The fourth-order valence-corrected chi connectivity index (χ4v) is 5.65. The van der Waals surface area contributed by atoms with Crippen LogP contribution in [-0.2, 0) is 10.0 Å². The van der Waals surface area contributed by atoms with Crippen molar-refractivity contribution in [2.75, 3.05) is 32.5 Å². The number of benzene rings is 1. The van der Waals surface area contributed by atoms with Crippen LogP contribution in [0.1, 0.15) is 42.8 Å². The summed E-state index contributed by atoms with van der Waals surface area (Å²) in [5.41, 5.74) is -0.236. The van der Waals surface area contributed by atoms with Gasteiger partial charge in [-0.05, 0) is 40.4 Å². The molecule has 0 radical (unpaired) electrons. The van der Waals surface area contributed by atoms with Gasteiger partial charge in [0.2, 0.25) is 0 Å². The van der Waals surface area contributed by atoms with Gasteiger partial charge in [-0.2, -0.15) is 4.31 Å². The highest BCUT2D eigenvalue weighted by Gasteiger charge is 2.34. The van der Waals surface area contributed by atoms with Gasteiger partial charge < -0.3 is 10.2 Å². The normalized spacial score (nSPS) is 18.0. The van der Waals surface area contributed by atoms with Gasteiger partial charge in [0.25, 0.3) is 16.4 Å². The van der Waals surface area contributed by atoms with Gasteiger partial charge >= 0.3 is 0 Å². The summed E-state index contributed by atoms with van der Waals surface area (Å²) in [6.07, 6.45) is -0.860. The molecule has 188 valence electrons. The Morgan fingerprint density at radius 3 is 2.57 bits per heavy atom. The second-order valence-corrected chi connectivity index (χ2v) is 10.7. The van der Waals surface area contributed by atoms with E-state index in [1.807, 2.05) is 19.0 Å². The van der Waals surface area contributed by atoms with Crippen LogP contribution in [0, 0.1) is 12.7 Å².